The highest BCUT2D eigenvalue weighted by Crippen LogP contribution is 2.26. The first-order valence-electron chi connectivity index (χ1n) is 5.83. The minimum absolute atomic E-state index is 0.00233. The van der Waals surface area contributed by atoms with E-state index in [1.165, 1.54) is 5.56 Å². The van der Waals surface area contributed by atoms with Gasteiger partial charge in [0.2, 0.25) is 5.91 Å². The molecule has 1 amide bonds. The van der Waals surface area contributed by atoms with Gasteiger partial charge in [0, 0.05) is 24.1 Å². The number of hydrogen-bond acceptors (Lipinski definition) is 2. The molecule has 2 rings (SSSR count). The van der Waals surface area contributed by atoms with Crippen LogP contribution in [0.4, 0.5) is 0 Å². The summed E-state index contributed by atoms with van der Waals surface area (Å²) in [5.74, 6) is 0.180. The van der Waals surface area contributed by atoms with Crippen molar-refractivity contribution in [3.05, 3.63) is 34.3 Å². The van der Waals surface area contributed by atoms with Crippen LogP contribution in [0.2, 0.25) is 0 Å². The molecule has 17 heavy (non-hydrogen) atoms. The van der Waals surface area contributed by atoms with Gasteiger partial charge in [-0.05, 0) is 17.5 Å². The predicted octanol–water partition coefficient (Wildman–Crippen LogP) is 2.00. The third-order valence-electron chi connectivity index (χ3n) is 3.41. The molecule has 2 atom stereocenters. The minimum Gasteiger partial charge on any atom is -0.369 e. The van der Waals surface area contributed by atoms with Crippen molar-refractivity contribution in [1.82, 2.24) is 4.90 Å². The second kappa shape index (κ2) is 5.19. The predicted molar refractivity (Wildman–Crippen MR) is 71.3 cm³/mol. The van der Waals surface area contributed by atoms with Gasteiger partial charge in [-0.25, -0.2) is 0 Å². The highest BCUT2D eigenvalue weighted by atomic mass is 79.9. The standard InChI is InChI=1S/C13H17BrN2O/c1-9-6-16(8-11(9)13(15)17)7-10-4-2-3-5-12(10)14/h2-5,9,11H,6-8H2,1H3,(H2,15,17)/t9-,11-/m1/s1. The van der Waals surface area contributed by atoms with Crippen molar-refractivity contribution < 1.29 is 4.79 Å². The van der Waals surface area contributed by atoms with Gasteiger partial charge in [-0.1, -0.05) is 41.1 Å². The van der Waals surface area contributed by atoms with Crippen LogP contribution in [0, 0.1) is 11.8 Å². The van der Waals surface area contributed by atoms with Gasteiger partial charge in [0.15, 0.2) is 0 Å². The zero-order valence-electron chi connectivity index (χ0n) is 9.90. The van der Waals surface area contributed by atoms with Crippen molar-refractivity contribution >= 4 is 21.8 Å². The normalized spacial score (nSPS) is 25.1. The Labute approximate surface area is 110 Å². The van der Waals surface area contributed by atoms with E-state index in [9.17, 15) is 4.79 Å². The smallest absolute Gasteiger partial charge is 0.222 e. The summed E-state index contributed by atoms with van der Waals surface area (Å²) in [6, 6.07) is 8.18. The van der Waals surface area contributed by atoms with E-state index < -0.39 is 0 Å². The molecule has 0 bridgehead atoms. The zero-order valence-corrected chi connectivity index (χ0v) is 11.5. The molecule has 4 heteroatoms. The van der Waals surface area contributed by atoms with Crippen LogP contribution in [0.5, 0.6) is 0 Å². The van der Waals surface area contributed by atoms with Gasteiger partial charge in [0.1, 0.15) is 0 Å². The summed E-state index contributed by atoms with van der Waals surface area (Å²) in [6.07, 6.45) is 0. The van der Waals surface area contributed by atoms with Crippen molar-refractivity contribution in [2.45, 2.75) is 13.5 Å². The Hall–Kier alpha value is -0.870. The highest BCUT2D eigenvalue weighted by Gasteiger charge is 2.33. The molecule has 92 valence electrons. The fourth-order valence-electron chi connectivity index (χ4n) is 2.43. The topological polar surface area (TPSA) is 46.3 Å². The van der Waals surface area contributed by atoms with Crippen LogP contribution < -0.4 is 5.73 Å². The molecule has 0 radical (unpaired) electrons. The Morgan fingerprint density at radius 2 is 2.18 bits per heavy atom. The summed E-state index contributed by atoms with van der Waals surface area (Å²) in [5, 5.41) is 0. The number of hydrogen-bond donors (Lipinski definition) is 1. The number of nitrogens with zero attached hydrogens (tertiary/aromatic N) is 1. The van der Waals surface area contributed by atoms with Crippen molar-refractivity contribution in [3.63, 3.8) is 0 Å². The second-order valence-electron chi connectivity index (χ2n) is 4.77. The molecule has 0 unspecified atom stereocenters. The van der Waals surface area contributed by atoms with Gasteiger partial charge >= 0.3 is 0 Å². The second-order valence-corrected chi connectivity index (χ2v) is 5.63. The average molecular weight is 297 g/mol. The Kier molecular flexibility index (Phi) is 3.84. The minimum atomic E-state index is -0.174. The third kappa shape index (κ3) is 2.87. The number of likely N-dealkylation sites (tertiary alicyclic amines) is 1. The molecule has 0 aromatic heterocycles. The van der Waals surface area contributed by atoms with Crippen LogP contribution in [0.25, 0.3) is 0 Å². The lowest BCUT2D eigenvalue weighted by Crippen LogP contribution is -2.29. The number of carbonyl (C=O) groups excluding carboxylic acids is 1. The van der Waals surface area contributed by atoms with Crippen LogP contribution in [-0.4, -0.2) is 23.9 Å². The van der Waals surface area contributed by atoms with E-state index in [0.717, 1.165) is 24.1 Å². The first kappa shape index (κ1) is 12.6. The Balaban J connectivity index is 2.03. The first-order chi connectivity index (χ1) is 8.08. The van der Waals surface area contributed by atoms with Crippen LogP contribution in [-0.2, 0) is 11.3 Å². The fourth-order valence-corrected chi connectivity index (χ4v) is 2.84. The molecule has 0 aliphatic carbocycles. The lowest BCUT2D eigenvalue weighted by atomic mass is 9.98. The summed E-state index contributed by atoms with van der Waals surface area (Å²) < 4.78 is 1.12. The largest absolute Gasteiger partial charge is 0.369 e. The van der Waals surface area contributed by atoms with E-state index in [-0.39, 0.29) is 11.8 Å². The van der Waals surface area contributed by atoms with Gasteiger partial charge in [-0.15, -0.1) is 0 Å². The lowest BCUT2D eigenvalue weighted by molar-refractivity contribution is -0.122. The van der Waals surface area contributed by atoms with Gasteiger partial charge < -0.3 is 5.73 Å². The van der Waals surface area contributed by atoms with Crippen LogP contribution in [0.1, 0.15) is 12.5 Å². The molecule has 0 spiro atoms. The Morgan fingerprint density at radius 1 is 1.47 bits per heavy atom. The number of benzene rings is 1. The van der Waals surface area contributed by atoms with Crippen molar-refractivity contribution in [3.8, 4) is 0 Å². The Bertz CT molecular complexity index is 422. The molecule has 2 N–H and O–H groups in total. The summed E-state index contributed by atoms with van der Waals surface area (Å²) in [6.45, 7) is 4.68. The monoisotopic (exact) mass is 296 g/mol. The number of primary amides is 1. The number of halogens is 1. The number of amides is 1. The molecule has 0 saturated carbocycles. The Morgan fingerprint density at radius 3 is 2.76 bits per heavy atom. The number of rotatable bonds is 3. The zero-order chi connectivity index (χ0) is 12.4. The van der Waals surface area contributed by atoms with E-state index in [4.69, 9.17) is 5.73 Å². The maximum Gasteiger partial charge on any atom is 0.222 e. The molecule has 1 aromatic carbocycles. The fraction of sp³-hybridized carbons (Fsp3) is 0.462. The van der Waals surface area contributed by atoms with Gasteiger partial charge in [0.05, 0.1) is 5.92 Å². The van der Waals surface area contributed by atoms with E-state index in [2.05, 4.69) is 33.8 Å². The summed E-state index contributed by atoms with van der Waals surface area (Å²) in [4.78, 5) is 13.6. The molecule has 1 heterocycles. The maximum atomic E-state index is 11.3. The molecule has 1 fully saturated rings. The van der Waals surface area contributed by atoms with Crippen molar-refractivity contribution in [2.75, 3.05) is 13.1 Å². The van der Waals surface area contributed by atoms with E-state index >= 15 is 0 Å². The average Bonchev–Trinajstić information content (AvgIpc) is 2.63. The van der Waals surface area contributed by atoms with Gasteiger partial charge in [0.25, 0.3) is 0 Å². The third-order valence-corrected chi connectivity index (χ3v) is 4.18. The molecular weight excluding hydrogens is 280 g/mol. The van der Waals surface area contributed by atoms with Crippen LogP contribution in [0.3, 0.4) is 0 Å². The number of nitrogens with two attached hydrogens (primary N) is 1. The van der Waals surface area contributed by atoms with E-state index in [0.29, 0.717) is 5.92 Å². The summed E-state index contributed by atoms with van der Waals surface area (Å²) in [5.41, 5.74) is 6.65. The molecule has 1 aromatic rings. The van der Waals surface area contributed by atoms with Gasteiger partial charge in [-0.2, -0.15) is 0 Å². The molecule has 3 nitrogen and oxygen atoms in total. The highest BCUT2D eigenvalue weighted by molar-refractivity contribution is 9.10. The quantitative estimate of drug-likeness (QED) is 0.927. The van der Waals surface area contributed by atoms with E-state index in [1.807, 2.05) is 18.2 Å². The van der Waals surface area contributed by atoms with Gasteiger partial charge in [-0.3, -0.25) is 9.69 Å². The number of carbonyl (C=O) groups is 1. The molecule has 1 aliphatic heterocycles. The van der Waals surface area contributed by atoms with Crippen molar-refractivity contribution in [2.24, 2.45) is 17.6 Å². The molecular formula is C13H17BrN2O. The summed E-state index contributed by atoms with van der Waals surface area (Å²) in [7, 11) is 0. The van der Waals surface area contributed by atoms with E-state index in [1.54, 1.807) is 0 Å². The maximum absolute atomic E-state index is 11.3. The van der Waals surface area contributed by atoms with Crippen molar-refractivity contribution in [1.29, 1.82) is 0 Å². The van der Waals surface area contributed by atoms with Crippen LogP contribution in [0.15, 0.2) is 28.7 Å². The summed E-state index contributed by atoms with van der Waals surface area (Å²) >= 11 is 3.54. The molecule has 1 aliphatic rings. The van der Waals surface area contributed by atoms with Crippen LogP contribution >= 0.6 is 15.9 Å². The lowest BCUT2D eigenvalue weighted by Gasteiger charge is -2.16. The SMILES string of the molecule is C[C@@H]1CN(Cc2ccccc2Br)C[C@H]1C(N)=O. The first-order valence-corrected chi connectivity index (χ1v) is 6.62. The molecule has 1 saturated heterocycles.